The molecule has 10 heteroatoms. The maximum atomic E-state index is 13.2. The Morgan fingerprint density at radius 1 is 0.975 bits per heavy atom. The van der Waals surface area contributed by atoms with Crippen LogP contribution in [0.15, 0.2) is 77.3 Å². The number of methoxy groups -OCH3 is 2. The Morgan fingerprint density at radius 2 is 1.62 bits per heavy atom. The quantitative estimate of drug-likeness (QED) is 0.481. The van der Waals surface area contributed by atoms with Gasteiger partial charge in [-0.05, 0) is 55.8 Å². The number of allylic oxidation sites excluding steroid dienone is 1. The second kappa shape index (κ2) is 13.0. The maximum Gasteiger partial charge on any atom is 0.355 e. The SMILES string of the molecule is COC(=O)C1=C(C(=O)OC)N(c2ccc(C(=O)NCCN3CCCCC3)cc2)C(N)=C(C#N)C1c1ccccc1. The van der Waals surface area contributed by atoms with Gasteiger partial charge in [0.2, 0.25) is 0 Å². The lowest BCUT2D eigenvalue weighted by Crippen LogP contribution is -2.40. The van der Waals surface area contributed by atoms with Crippen LogP contribution in [0.5, 0.6) is 0 Å². The number of nitrogens with one attached hydrogen (secondary N) is 1. The Labute approximate surface area is 233 Å². The number of nitriles is 1. The predicted molar refractivity (Wildman–Crippen MR) is 149 cm³/mol. The molecule has 2 aromatic carbocycles. The van der Waals surface area contributed by atoms with Gasteiger partial charge in [0.25, 0.3) is 5.91 Å². The van der Waals surface area contributed by atoms with E-state index in [0.717, 1.165) is 19.6 Å². The van der Waals surface area contributed by atoms with Gasteiger partial charge in [0.1, 0.15) is 11.5 Å². The van der Waals surface area contributed by atoms with Gasteiger partial charge in [-0.25, -0.2) is 9.59 Å². The fraction of sp³-hybridized carbons (Fsp3) is 0.333. The highest BCUT2D eigenvalue weighted by Gasteiger charge is 2.43. The van der Waals surface area contributed by atoms with E-state index in [1.807, 2.05) is 0 Å². The second-order valence-corrected chi connectivity index (χ2v) is 9.54. The van der Waals surface area contributed by atoms with Gasteiger partial charge in [0.15, 0.2) is 0 Å². The molecule has 40 heavy (non-hydrogen) atoms. The summed E-state index contributed by atoms with van der Waals surface area (Å²) in [5, 5.41) is 13.1. The highest BCUT2D eigenvalue weighted by molar-refractivity contribution is 6.06. The zero-order chi connectivity index (χ0) is 28.6. The average molecular weight is 544 g/mol. The van der Waals surface area contributed by atoms with Crippen LogP contribution in [0.1, 0.15) is 41.1 Å². The number of amides is 1. The molecule has 0 aliphatic carbocycles. The first kappa shape index (κ1) is 28.4. The zero-order valence-corrected chi connectivity index (χ0v) is 22.7. The van der Waals surface area contributed by atoms with Crippen molar-refractivity contribution in [2.24, 2.45) is 5.73 Å². The van der Waals surface area contributed by atoms with Crippen LogP contribution in [-0.2, 0) is 19.1 Å². The standard InChI is InChI=1S/C30H33N5O5/c1-39-29(37)25-24(20-9-5-3-6-10-20)23(19-31)27(32)35(26(25)30(38)40-2)22-13-11-21(12-14-22)28(36)33-15-18-34-16-7-4-8-17-34/h3,5-6,9-14,24H,4,7-8,15-18,32H2,1-2H3,(H,33,36). The van der Waals surface area contributed by atoms with Crippen LogP contribution in [0.4, 0.5) is 5.69 Å². The predicted octanol–water partition coefficient (Wildman–Crippen LogP) is 2.80. The van der Waals surface area contributed by atoms with Crippen molar-refractivity contribution in [2.45, 2.75) is 25.2 Å². The molecule has 2 aliphatic heterocycles. The maximum absolute atomic E-state index is 13.2. The van der Waals surface area contributed by atoms with Gasteiger partial charge >= 0.3 is 11.9 Å². The van der Waals surface area contributed by atoms with E-state index in [4.69, 9.17) is 15.2 Å². The Hall–Kier alpha value is -4.62. The second-order valence-electron chi connectivity index (χ2n) is 9.54. The Balaban J connectivity index is 1.69. The molecule has 2 aliphatic rings. The molecule has 1 atom stereocenters. The van der Waals surface area contributed by atoms with E-state index in [9.17, 15) is 19.6 Å². The minimum absolute atomic E-state index is 0.0388. The third-order valence-corrected chi connectivity index (χ3v) is 7.16. The van der Waals surface area contributed by atoms with Gasteiger partial charge in [0.05, 0.1) is 37.4 Å². The van der Waals surface area contributed by atoms with E-state index in [0.29, 0.717) is 23.4 Å². The number of ether oxygens (including phenoxy) is 2. The number of rotatable bonds is 8. The van der Waals surface area contributed by atoms with Gasteiger partial charge in [-0.3, -0.25) is 9.69 Å². The molecule has 1 unspecified atom stereocenters. The van der Waals surface area contributed by atoms with Crippen LogP contribution in [0, 0.1) is 11.3 Å². The molecule has 10 nitrogen and oxygen atoms in total. The normalized spacial score (nSPS) is 17.7. The summed E-state index contributed by atoms with van der Waals surface area (Å²) < 4.78 is 10.1. The molecule has 2 heterocycles. The molecule has 1 fully saturated rings. The lowest BCUT2D eigenvalue weighted by atomic mass is 9.81. The Morgan fingerprint density at radius 3 is 2.23 bits per heavy atom. The molecule has 0 spiro atoms. The number of carbonyl (C=O) groups is 3. The van der Waals surface area contributed by atoms with E-state index in [2.05, 4.69) is 16.3 Å². The highest BCUT2D eigenvalue weighted by atomic mass is 16.5. The summed E-state index contributed by atoms with van der Waals surface area (Å²) in [7, 11) is 2.39. The number of benzene rings is 2. The van der Waals surface area contributed by atoms with E-state index >= 15 is 0 Å². The van der Waals surface area contributed by atoms with E-state index in [1.165, 1.54) is 38.4 Å². The van der Waals surface area contributed by atoms with E-state index in [-0.39, 0.29) is 28.6 Å². The fourth-order valence-corrected chi connectivity index (χ4v) is 5.16. The van der Waals surface area contributed by atoms with Crippen LogP contribution in [0.2, 0.25) is 0 Å². The number of piperidine rings is 1. The average Bonchev–Trinajstić information content (AvgIpc) is 3.00. The molecule has 0 saturated carbocycles. The molecule has 1 saturated heterocycles. The Kier molecular flexibility index (Phi) is 9.19. The number of carbonyl (C=O) groups excluding carboxylic acids is 3. The lowest BCUT2D eigenvalue weighted by Gasteiger charge is -2.35. The molecule has 0 aromatic heterocycles. The molecule has 208 valence electrons. The molecule has 1 amide bonds. The summed E-state index contributed by atoms with van der Waals surface area (Å²) in [5.41, 5.74) is 7.71. The van der Waals surface area contributed by atoms with Crippen LogP contribution >= 0.6 is 0 Å². The summed E-state index contributed by atoms with van der Waals surface area (Å²) in [4.78, 5) is 42.7. The van der Waals surface area contributed by atoms with Gasteiger partial charge in [-0.1, -0.05) is 36.8 Å². The van der Waals surface area contributed by atoms with Crippen molar-refractivity contribution in [1.82, 2.24) is 10.2 Å². The van der Waals surface area contributed by atoms with Crippen molar-refractivity contribution in [3.63, 3.8) is 0 Å². The number of esters is 2. The third-order valence-electron chi connectivity index (χ3n) is 7.16. The number of hydrogen-bond acceptors (Lipinski definition) is 9. The van der Waals surface area contributed by atoms with Gasteiger partial charge in [0, 0.05) is 24.3 Å². The van der Waals surface area contributed by atoms with Gasteiger partial charge < -0.3 is 25.4 Å². The summed E-state index contributed by atoms with van der Waals surface area (Å²) in [5.74, 6) is -2.85. The Bertz CT molecular complexity index is 1360. The van der Waals surface area contributed by atoms with Crippen molar-refractivity contribution >= 4 is 23.5 Å². The monoisotopic (exact) mass is 543 g/mol. The number of nitrogens with two attached hydrogens (primary N) is 1. The minimum atomic E-state index is -0.950. The van der Waals surface area contributed by atoms with Gasteiger partial charge in [-0.2, -0.15) is 5.26 Å². The number of hydrogen-bond donors (Lipinski definition) is 2. The molecule has 0 bridgehead atoms. The zero-order valence-electron chi connectivity index (χ0n) is 22.7. The lowest BCUT2D eigenvalue weighted by molar-refractivity contribution is -0.139. The first-order valence-corrected chi connectivity index (χ1v) is 13.2. The summed E-state index contributed by atoms with van der Waals surface area (Å²) >= 11 is 0. The van der Waals surface area contributed by atoms with Crippen LogP contribution in [-0.4, -0.2) is 63.1 Å². The molecule has 2 aromatic rings. The van der Waals surface area contributed by atoms with Crippen LogP contribution < -0.4 is 16.0 Å². The molecule has 4 rings (SSSR count). The number of anilines is 1. The first-order valence-electron chi connectivity index (χ1n) is 13.2. The molecular formula is C30H33N5O5. The van der Waals surface area contributed by atoms with Crippen molar-refractivity contribution in [2.75, 3.05) is 45.3 Å². The van der Waals surface area contributed by atoms with E-state index < -0.39 is 17.9 Å². The van der Waals surface area contributed by atoms with Crippen molar-refractivity contribution in [3.8, 4) is 6.07 Å². The van der Waals surface area contributed by atoms with Crippen LogP contribution in [0.3, 0.4) is 0 Å². The third kappa shape index (κ3) is 5.84. The molecule has 0 radical (unpaired) electrons. The highest BCUT2D eigenvalue weighted by Crippen LogP contribution is 2.43. The summed E-state index contributed by atoms with van der Waals surface area (Å²) in [6, 6.07) is 17.3. The fourth-order valence-electron chi connectivity index (χ4n) is 5.16. The first-order chi connectivity index (χ1) is 19.4. The van der Waals surface area contributed by atoms with E-state index in [1.54, 1.807) is 54.6 Å². The number of likely N-dealkylation sites (tertiary alicyclic amines) is 1. The molecule has 3 N–H and O–H groups in total. The summed E-state index contributed by atoms with van der Waals surface area (Å²) in [6.07, 6.45) is 3.62. The van der Waals surface area contributed by atoms with Crippen molar-refractivity contribution in [1.29, 1.82) is 5.26 Å². The minimum Gasteiger partial charge on any atom is -0.466 e. The smallest absolute Gasteiger partial charge is 0.355 e. The van der Waals surface area contributed by atoms with Crippen molar-refractivity contribution < 1.29 is 23.9 Å². The van der Waals surface area contributed by atoms with Crippen LogP contribution in [0.25, 0.3) is 0 Å². The van der Waals surface area contributed by atoms with Gasteiger partial charge in [-0.15, -0.1) is 0 Å². The number of nitrogens with zero attached hydrogens (tertiary/aromatic N) is 3. The molecular weight excluding hydrogens is 510 g/mol. The topological polar surface area (TPSA) is 138 Å². The van der Waals surface area contributed by atoms with Crippen molar-refractivity contribution in [3.05, 3.63) is 88.4 Å². The largest absolute Gasteiger partial charge is 0.466 e. The summed E-state index contributed by atoms with van der Waals surface area (Å²) in [6.45, 7) is 3.43.